The SMILES string of the molecule is COc1ccc(-c2csc(NC(=O)CSc3nnc(-c4ccoc4C)o3)n2)cc1. The first kappa shape index (κ1) is 19.2. The molecule has 10 heteroatoms. The van der Waals surface area contributed by atoms with E-state index in [4.69, 9.17) is 13.6 Å². The predicted octanol–water partition coefficient (Wildman–Crippen LogP) is 4.50. The van der Waals surface area contributed by atoms with Crippen LogP contribution in [0.2, 0.25) is 0 Å². The quantitative estimate of drug-likeness (QED) is 0.429. The number of thioether (sulfide) groups is 1. The van der Waals surface area contributed by atoms with Gasteiger partial charge in [-0.15, -0.1) is 21.5 Å². The summed E-state index contributed by atoms with van der Waals surface area (Å²) in [6.07, 6.45) is 1.56. The average Bonchev–Trinajstić information content (AvgIpc) is 3.47. The highest BCUT2D eigenvalue weighted by Crippen LogP contribution is 2.28. The fourth-order valence-electron chi connectivity index (χ4n) is 2.49. The average molecular weight is 428 g/mol. The van der Waals surface area contributed by atoms with Gasteiger partial charge in [0.2, 0.25) is 5.91 Å². The number of hydrogen-bond donors (Lipinski definition) is 1. The minimum atomic E-state index is -0.204. The monoisotopic (exact) mass is 428 g/mol. The Morgan fingerprint density at radius 2 is 2.07 bits per heavy atom. The predicted molar refractivity (Wildman–Crippen MR) is 110 cm³/mol. The number of aromatic nitrogens is 3. The van der Waals surface area contributed by atoms with Crippen LogP contribution in [-0.4, -0.2) is 34.0 Å². The van der Waals surface area contributed by atoms with Crippen molar-refractivity contribution in [3.63, 3.8) is 0 Å². The molecule has 0 fully saturated rings. The summed E-state index contributed by atoms with van der Waals surface area (Å²) in [5, 5.41) is 13.5. The Kier molecular flexibility index (Phi) is 5.63. The third-order valence-corrected chi connectivity index (χ3v) is 5.53. The number of nitrogens with one attached hydrogen (secondary N) is 1. The summed E-state index contributed by atoms with van der Waals surface area (Å²) in [4.78, 5) is 16.7. The number of carbonyl (C=O) groups is 1. The van der Waals surface area contributed by atoms with Crippen molar-refractivity contribution in [2.45, 2.75) is 12.1 Å². The van der Waals surface area contributed by atoms with Gasteiger partial charge in [0.25, 0.3) is 11.1 Å². The lowest BCUT2D eigenvalue weighted by Gasteiger charge is -2.01. The molecule has 0 aliphatic heterocycles. The van der Waals surface area contributed by atoms with Gasteiger partial charge in [0, 0.05) is 10.9 Å². The zero-order valence-electron chi connectivity index (χ0n) is 15.5. The van der Waals surface area contributed by atoms with Gasteiger partial charge >= 0.3 is 0 Å². The Hall–Kier alpha value is -3.11. The fourth-order valence-corrected chi connectivity index (χ4v) is 3.79. The standard InChI is InChI=1S/C19H16N4O4S2/c1-11-14(7-8-26-11)17-22-23-19(27-17)29-10-16(24)21-18-20-15(9-28-18)12-3-5-13(25-2)6-4-12/h3-9H,10H2,1-2H3,(H,20,21,24). The molecule has 1 amide bonds. The van der Waals surface area contributed by atoms with Gasteiger partial charge in [0.15, 0.2) is 5.13 Å². The van der Waals surface area contributed by atoms with E-state index in [1.165, 1.54) is 11.3 Å². The van der Waals surface area contributed by atoms with Gasteiger partial charge in [-0.2, -0.15) is 0 Å². The number of aryl methyl sites for hydroxylation is 1. The second-order valence-electron chi connectivity index (χ2n) is 5.87. The molecule has 4 rings (SSSR count). The van der Waals surface area contributed by atoms with E-state index in [0.717, 1.165) is 34.3 Å². The Bertz CT molecular complexity index is 1120. The number of benzene rings is 1. The number of ether oxygens (including phenoxy) is 1. The molecule has 3 aromatic heterocycles. The van der Waals surface area contributed by atoms with Gasteiger partial charge in [0.1, 0.15) is 11.5 Å². The van der Waals surface area contributed by atoms with E-state index >= 15 is 0 Å². The molecule has 3 heterocycles. The molecule has 1 aromatic carbocycles. The molecular weight excluding hydrogens is 412 g/mol. The largest absolute Gasteiger partial charge is 0.497 e. The number of furan rings is 1. The first-order valence-corrected chi connectivity index (χ1v) is 10.4. The highest BCUT2D eigenvalue weighted by atomic mass is 32.2. The van der Waals surface area contributed by atoms with Crippen LogP contribution in [0.3, 0.4) is 0 Å². The maximum absolute atomic E-state index is 12.2. The first-order valence-electron chi connectivity index (χ1n) is 8.53. The van der Waals surface area contributed by atoms with E-state index in [1.807, 2.05) is 36.6 Å². The molecule has 1 N–H and O–H groups in total. The topological polar surface area (TPSA) is 103 Å². The molecule has 8 nitrogen and oxygen atoms in total. The second-order valence-corrected chi connectivity index (χ2v) is 7.65. The molecule has 4 aromatic rings. The molecule has 148 valence electrons. The number of hydrogen-bond acceptors (Lipinski definition) is 9. The number of methoxy groups -OCH3 is 1. The molecule has 0 aliphatic rings. The number of anilines is 1. The Labute approximate surface area is 174 Å². The van der Waals surface area contributed by atoms with Crippen LogP contribution in [0.4, 0.5) is 5.13 Å². The third kappa shape index (κ3) is 4.49. The van der Waals surface area contributed by atoms with Crippen LogP contribution in [0.1, 0.15) is 5.76 Å². The minimum absolute atomic E-state index is 0.128. The van der Waals surface area contributed by atoms with Crippen LogP contribution < -0.4 is 10.1 Å². The van der Waals surface area contributed by atoms with Crippen LogP contribution in [0, 0.1) is 6.92 Å². The molecule has 0 spiro atoms. The molecule has 0 unspecified atom stereocenters. The van der Waals surface area contributed by atoms with Gasteiger partial charge in [-0.3, -0.25) is 4.79 Å². The van der Waals surface area contributed by atoms with E-state index in [1.54, 1.807) is 19.4 Å². The molecule has 0 saturated carbocycles. The lowest BCUT2D eigenvalue weighted by molar-refractivity contribution is -0.113. The van der Waals surface area contributed by atoms with Gasteiger partial charge in [-0.05, 0) is 37.3 Å². The number of amides is 1. The normalized spacial score (nSPS) is 10.8. The molecule has 0 atom stereocenters. The van der Waals surface area contributed by atoms with E-state index in [-0.39, 0.29) is 11.7 Å². The minimum Gasteiger partial charge on any atom is -0.497 e. The summed E-state index contributed by atoms with van der Waals surface area (Å²) >= 11 is 2.52. The van der Waals surface area contributed by atoms with Crippen molar-refractivity contribution in [1.82, 2.24) is 15.2 Å². The Morgan fingerprint density at radius 1 is 1.24 bits per heavy atom. The first-order chi connectivity index (χ1) is 14.1. The zero-order chi connectivity index (χ0) is 20.2. The summed E-state index contributed by atoms with van der Waals surface area (Å²) in [6, 6.07) is 9.34. The molecule has 29 heavy (non-hydrogen) atoms. The number of thiazole rings is 1. The van der Waals surface area contributed by atoms with Crippen LogP contribution >= 0.6 is 23.1 Å². The smallest absolute Gasteiger partial charge is 0.277 e. The van der Waals surface area contributed by atoms with E-state index in [2.05, 4.69) is 20.5 Å². The summed E-state index contributed by atoms with van der Waals surface area (Å²) in [7, 11) is 1.62. The summed E-state index contributed by atoms with van der Waals surface area (Å²) in [5.74, 6) is 1.76. The van der Waals surface area contributed by atoms with Crippen LogP contribution in [-0.2, 0) is 4.79 Å². The van der Waals surface area contributed by atoms with Crippen LogP contribution in [0.25, 0.3) is 22.7 Å². The lowest BCUT2D eigenvalue weighted by Crippen LogP contribution is -2.13. The van der Waals surface area contributed by atoms with E-state index in [0.29, 0.717) is 22.0 Å². The number of rotatable bonds is 7. The summed E-state index contributed by atoms with van der Waals surface area (Å²) in [5.41, 5.74) is 2.48. The van der Waals surface area contributed by atoms with Crippen LogP contribution in [0.15, 0.2) is 56.0 Å². The van der Waals surface area contributed by atoms with Gasteiger partial charge in [-0.1, -0.05) is 11.8 Å². The zero-order valence-corrected chi connectivity index (χ0v) is 17.2. The van der Waals surface area contributed by atoms with E-state index < -0.39 is 0 Å². The lowest BCUT2D eigenvalue weighted by atomic mass is 10.2. The van der Waals surface area contributed by atoms with Gasteiger partial charge in [0.05, 0.1) is 30.4 Å². The van der Waals surface area contributed by atoms with Crippen molar-refractivity contribution in [1.29, 1.82) is 0 Å². The second kappa shape index (κ2) is 8.50. The Morgan fingerprint density at radius 3 is 2.79 bits per heavy atom. The third-order valence-electron chi connectivity index (χ3n) is 3.96. The maximum atomic E-state index is 12.2. The maximum Gasteiger partial charge on any atom is 0.277 e. The highest BCUT2D eigenvalue weighted by Gasteiger charge is 2.15. The molecule has 0 radical (unpaired) electrons. The highest BCUT2D eigenvalue weighted by molar-refractivity contribution is 7.99. The number of nitrogens with zero attached hydrogens (tertiary/aromatic N) is 3. The van der Waals surface area contributed by atoms with Gasteiger partial charge in [-0.25, -0.2) is 4.98 Å². The van der Waals surface area contributed by atoms with Crippen LogP contribution in [0.5, 0.6) is 5.75 Å². The molecule has 0 saturated heterocycles. The Balaban J connectivity index is 1.33. The summed E-state index contributed by atoms with van der Waals surface area (Å²) < 4.78 is 16.0. The van der Waals surface area contributed by atoms with Crippen molar-refractivity contribution < 1.29 is 18.4 Å². The van der Waals surface area contributed by atoms with Crippen molar-refractivity contribution in [3.8, 4) is 28.5 Å². The summed E-state index contributed by atoms with van der Waals surface area (Å²) in [6.45, 7) is 1.81. The van der Waals surface area contributed by atoms with Crippen molar-refractivity contribution in [2.24, 2.45) is 0 Å². The van der Waals surface area contributed by atoms with E-state index in [9.17, 15) is 4.79 Å². The molecule has 0 aliphatic carbocycles. The van der Waals surface area contributed by atoms with Crippen molar-refractivity contribution in [3.05, 3.63) is 47.7 Å². The number of carbonyl (C=O) groups excluding carboxylic acids is 1. The van der Waals surface area contributed by atoms with Crippen molar-refractivity contribution >= 4 is 34.1 Å². The molecule has 0 bridgehead atoms. The fraction of sp³-hybridized carbons (Fsp3) is 0.158. The molecular formula is C19H16N4O4S2. The van der Waals surface area contributed by atoms with Crippen molar-refractivity contribution in [2.75, 3.05) is 18.2 Å². The van der Waals surface area contributed by atoms with Gasteiger partial charge < -0.3 is 18.9 Å².